The van der Waals surface area contributed by atoms with Crippen LogP contribution in [0.5, 0.6) is 0 Å². The van der Waals surface area contributed by atoms with Crippen molar-refractivity contribution < 1.29 is 14.7 Å². The maximum atomic E-state index is 12.0. The maximum Gasteiger partial charge on any atom is 0.318 e. The van der Waals surface area contributed by atoms with E-state index >= 15 is 0 Å². The summed E-state index contributed by atoms with van der Waals surface area (Å²) in [7, 11) is 0. The van der Waals surface area contributed by atoms with Crippen LogP contribution in [0.3, 0.4) is 0 Å². The van der Waals surface area contributed by atoms with Gasteiger partial charge in [-0.25, -0.2) is 4.79 Å². The number of hydrogen-bond donors (Lipinski definition) is 2. The number of carboxylic acids is 1. The summed E-state index contributed by atoms with van der Waals surface area (Å²) in [4.78, 5) is 24.8. The molecule has 0 aromatic heterocycles. The van der Waals surface area contributed by atoms with E-state index in [0.29, 0.717) is 19.4 Å². The molecule has 0 saturated heterocycles. The number of terminal acetylenes is 1. The molecule has 2 N–H and O–H groups in total. The third kappa shape index (κ3) is 4.82. The molecule has 108 valence electrons. The van der Waals surface area contributed by atoms with E-state index in [1.54, 1.807) is 0 Å². The first kappa shape index (κ1) is 17.3. The van der Waals surface area contributed by atoms with Crippen molar-refractivity contribution in [3.8, 4) is 12.3 Å². The molecule has 0 heterocycles. The van der Waals surface area contributed by atoms with Gasteiger partial charge in [-0.05, 0) is 19.3 Å². The highest BCUT2D eigenvalue weighted by Crippen LogP contribution is 2.25. The number of carbonyl (C=O) groups excluding carboxylic acids is 1. The van der Waals surface area contributed by atoms with Crippen molar-refractivity contribution in [3.05, 3.63) is 0 Å². The zero-order valence-corrected chi connectivity index (χ0v) is 12.0. The van der Waals surface area contributed by atoms with Gasteiger partial charge in [0, 0.05) is 13.1 Å². The molecule has 0 aliphatic heterocycles. The lowest BCUT2D eigenvalue weighted by Crippen LogP contribution is -2.47. The second-order valence-electron chi connectivity index (χ2n) is 4.58. The maximum absolute atomic E-state index is 12.0. The lowest BCUT2D eigenvalue weighted by atomic mass is 9.82. The Hall–Kier alpha value is -1.70. The second kappa shape index (κ2) is 8.41. The van der Waals surface area contributed by atoms with Crippen LogP contribution in [0.2, 0.25) is 0 Å². The van der Waals surface area contributed by atoms with Gasteiger partial charge in [0.1, 0.15) is 0 Å². The van der Waals surface area contributed by atoms with Gasteiger partial charge in [0.2, 0.25) is 0 Å². The zero-order valence-electron chi connectivity index (χ0n) is 12.0. The highest BCUT2D eigenvalue weighted by Gasteiger charge is 2.35. The van der Waals surface area contributed by atoms with Crippen molar-refractivity contribution in [2.75, 3.05) is 19.6 Å². The van der Waals surface area contributed by atoms with Crippen molar-refractivity contribution in [3.63, 3.8) is 0 Å². The summed E-state index contributed by atoms with van der Waals surface area (Å²) in [5, 5.41) is 12.0. The molecule has 0 aliphatic carbocycles. The average Bonchev–Trinajstić information content (AvgIpc) is 2.39. The molecule has 5 heteroatoms. The fraction of sp³-hybridized carbons (Fsp3) is 0.714. The molecule has 0 fully saturated rings. The van der Waals surface area contributed by atoms with Gasteiger partial charge in [-0.3, -0.25) is 4.79 Å². The summed E-state index contributed by atoms with van der Waals surface area (Å²) in [5.74, 6) is 1.55. The molecule has 19 heavy (non-hydrogen) atoms. The number of carboxylic acid groups (broad SMARTS) is 1. The predicted octanol–water partition coefficient (Wildman–Crippen LogP) is 1.93. The lowest BCUT2D eigenvalue weighted by molar-refractivity contribution is -0.149. The smallest absolute Gasteiger partial charge is 0.318 e. The van der Waals surface area contributed by atoms with E-state index in [4.69, 9.17) is 6.42 Å². The van der Waals surface area contributed by atoms with Crippen LogP contribution in [0.25, 0.3) is 0 Å². The molecule has 2 amide bonds. The van der Waals surface area contributed by atoms with E-state index in [1.807, 2.05) is 20.8 Å². The molecule has 0 unspecified atom stereocenters. The Morgan fingerprint density at radius 2 is 1.89 bits per heavy atom. The number of carbonyl (C=O) groups is 2. The minimum atomic E-state index is -0.899. The van der Waals surface area contributed by atoms with E-state index < -0.39 is 11.4 Å². The Morgan fingerprint density at radius 1 is 1.32 bits per heavy atom. The molecule has 0 atom stereocenters. The van der Waals surface area contributed by atoms with Crippen molar-refractivity contribution in [1.29, 1.82) is 0 Å². The number of nitrogens with zero attached hydrogens (tertiary/aromatic N) is 1. The van der Waals surface area contributed by atoms with Gasteiger partial charge in [0.15, 0.2) is 0 Å². The number of rotatable bonds is 8. The summed E-state index contributed by atoms with van der Waals surface area (Å²) in [5.41, 5.74) is -0.899. The van der Waals surface area contributed by atoms with Gasteiger partial charge >= 0.3 is 12.0 Å². The standard InChI is InChI=1S/C14H24N2O3/c1-5-9-16(10-6-2)13(19)15-11-14(7-3,8-4)12(17)18/h1H,6-11H2,2-4H3,(H,15,19)(H,17,18). The summed E-state index contributed by atoms with van der Waals surface area (Å²) < 4.78 is 0. The highest BCUT2D eigenvalue weighted by molar-refractivity contribution is 5.78. The van der Waals surface area contributed by atoms with Crippen LogP contribution in [0.15, 0.2) is 0 Å². The topological polar surface area (TPSA) is 69.6 Å². The molecule has 0 spiro atoms. The Balaban J connectivity index is 4.63. The zero-order chi connectivity index (χ0) is 14.9. The fourth-order valence-electron chi connectivity index (χ4n) is 1.87. The molecule has 0 rings (SSSR count). The van der Waals surface area contributed by atoms with Crippen molar-refractivity contribution >= 4 is 12.0 Å². The molecular weight excluding hydrogens is 244 g/mol. The largest absolute Gasteiger partial charge is 0.481 e. The van der Waals surface area contributed by atoms with Crippen molar-refractivity contribution in [2.24, 2.45) is 5.41 Å². The Bertz CT molecular complexity index is 343. The number of amides is 2. The third-order valence-corrected chi connectivity index (χ3v) is 3.45. The molecule has 0 aromatic rings. The minimum Gasteiger partial charge on any atom is -0.481 e. The lowest BCUT2D eigenvalue weighted by Gasteiger charge is -2.28. The molecule has 0 saturated carbocycles. The van der Waals surface area contributed by atoms with E-state index in [0.717, 1.165) is 6.42 Å². The van der Waals surface area contributed by atoms with Gasteiger partial charge in [-0.2, -0.15) is 0 Å². The van der Waals surface area contributed by atoms with Crippen LogP contribution in [-0.2, 0) is 4.79 Å². The van der Waals surface area contributed by atoms with Gasteiger partial charge in [-0.1, -0.05) is 26.7 Å². The number of nitrogens with one attached hydrogen (secondary N) is 1. The number of urea groups is 1. The molecule has 0 aliphatic rings. The Labute approximate surface area is 115 Å². The van der Waals surface area contributed by atoms with Crippen LogP contribution in [0.1, 0.15) is 40.0 Å². The fourth-order valence-corrected chi connectivity index (χ4v) is 1.87. The molecule has 5 nitrogen and oxygen atoms in total. The van der Waals surface area contributed by atoms with Gasteiger partial charge in [0.25, 0.3) is 0 Å². The summed E-state index contributed by atoms with van der Waals surface area (Å²) in [6.45, 7) is 6.51. The van der Waals surface area contributed by atoms with Crippen LogP contribution in [0, 0.1) is 17.8 Å². The van der Waals surface area contributed by atoms with Crippen LogP contribution >= 0.6 is 0 Å². The van der Waals surface area contributed by atoms with Crippen LogP contribution < -0.4 is 5.32 Å². The highest BCUT2D eigenvalue weighted by atomic mass is 16.4. The quantitative estimate of drug-likeness (QED) is 0.661. The van der Waals surface area contributed by atoms with Crippen molar-refractivity contribution in [1.82, 2.24) is 10.2 Å². The average molecular weight is 268 g/mol. The number of hydrogen-bond acceptors (Lipinski definition) is 2. The van der Waals surface area contributed by atoms with Gasteiger partial charge in [0.05, 0.1) is 12.0 Å². The summed E-state index contributed by atoms with van der Waals surface area (Å²) in [6, 6.07) is -0.299. The number of aliphatic carboxylic acids is 1. The summed E-state index contributed by atoms with van der Waals surface area (Å²) >= 11 is 0. The SMILES string of the molecule is C#CCN(CCC)C(=O)NCC(CC)(CC)C(=O)O. The first-order valence-corrected chi connectivity index (χ1v) is 6.67. The molecule has 0 bridgehead atoms. The van der Waals surface area contributed by atoms with E-state index in [2.05, 4.69) is 11.2 Å². The van der Waals surface area contributed by atoms with E-state index in [9.17, 15) is 14.7 Å². The minimum absolute atomic E-state index is 0.124. The Kier molecular flexibility index (Phi) is 7.66. The van der Waals surface area contributed by atoms with Gasteiger partial charge in [-0.15, -0.1) is 6.42 Å². The molecule has 0 aromatic carbocycles. The first-order valence-electron chi connectivity index (χ1n) is 6.67. The molecular formula is C14H24N2O3. The van der Waals surface area contributed by atoms with Crippen molar-refractivity contribution in [2.45, 2.75) is 40.0 Å². The van der Waals surface area contributed by atoms with E-state index in [1.165, 1.54) is 4.90 Å². The van der Waals surface area contributed by atoms with E-state index in [-0.39, 0.29) is 19.1 Å². The molecule has 0 radical (unpaired) electrons. The van der Waals surface area contributed by atoms with Crippen LogP contribution in [-0.4, -0.2) is 41.6 Å². The Morgan fingerprint density at radius 3 is 2.26 bits per heavy atom. The van der Waals surface area contributed by atoms with Gasteiger partial charge < -0.3 is 15.3 Å². The second-order valence-corrected chi connectivity index (χ2v) is 4.58. The normalized spacial score (nSPS) is 10.6. The first-order chi connectivity index (χ1) is 8.97. The third-order valence-electron chi connectivity index (χ3n) is 3.45. The summed E-state index contributed by atoms with van der Waals surface area (Å²) in [6.07, 6.45) is 6.97. The monoisotopic (exact) mass is 268 g/mol. The predicted molar refractivity (Wildman–Crippen MR) is 74.7 cm³/mol. The van der Waals surface area contributed by atoms with Crippen LogP contribution in [0.4, 0.5) is 4.79 Å².